The maximum Gasteiger partial charge on any atom is 0.308 e. The molecule has 0 aromatic heterocycles. The van der Waals surface area contributed by atoms with Crippen LogP contribution in [0.1, 0.15) is 94.9 Å². The lowest BCUT2D eigenvalue weighted by Crippen LogP contribution is -2.24. The number of esters is 1. The Morgan fingerprint density at radius 1 is 0.951 bits per heavy atom. The van der Waals surface area contributed by atoms with E-state index in [4.69, 9.17) is 14.2 Å². The molecule has 232 valence electrons. The summed E-state index contributed by atoms with van der Waals surface area (Å²) < 4.78 is 16.0. The number of hydrogen-bond donors (Lipinski definition) is 2. The topological polar surface area (TPSA) is 137 Å². The SMILES string of the molecule is CC(=O)c1cccc(NCCOCCOCCC(=O)OC(C)(C)C)c1C(C)=O.CCC(C)C(C=O)CCC(=O)NC. The van der Waals surface area contributed by atoms with Gasteiger partial charge in [-0.15, -0.1) is 0 Å². The Morgan fingerprint density at radius 3 is 2.10 bits per heavy atom. The van der Waals surface area contributed by atoms with E-state index in [2.05, 4.69) is 17.6 Å². The first-order valence-electron chi connectivity index (χ1n) is 14.2. The van der Waals surface area contributed by atoms with Gasteiger partial charge in [0, 0.05) is 37.2 Å². The zero-order valence-electron chi connectivity index (χ0n) is 26.1. The molecule has 1 amide bonds. The zero-order chi connectivity index (χ0) is 31.4. The number of hydrogen-bond acceptors (Lipinski definition) is 9. The van der Waals surface area contributed by atoms with E-state index in [0.717, 1.165) is 12.7 Å². The summed E-state index contributed by atoms with van der Waals surface area (Å²) in [6, 6.07) is 5.16. The third-order valence-electron chi connectivity index (χ3n) is 6.13. The van der Waals surface area contributed by atoms with Crippen molar-refractivity contribution >= 4 is 35.4 Å². The second kappa shape index (κ2) is 20.7. The third-order valence-corrected chi connectivity index (χ3v) is 6.13. The molecule has 0 heterocycles. The van der Waals surface area contributed by atoms with Crippen molar-refractivity contribution in [1.82, 2.24) is 5.32 Å². The molecule has 0 aliphatic carbocycles. The number of Topliss-reactive ketones (excluding diaryl/α,β-unsaturated/α-hetero) is 2. The number of ether oxygens (including phenoxy) is 3. The maximum atomic E-state index is 11.9. The fourth-order valence-corrected chi connectivity index (χ4v) is 3.71. The van der Waals surface area contributed by atoms with Crippen molar-refractivity contribution in [2.24, 2.45) is 11.8 Å². The van der Waals surface area contributed by atoms with Crippen LogP contribution in [0.4, 0.5) is 5.69 Å². The molecular weight excluding hydrogens is 528 g/mol. The Morgan fingerprint density at radius 2 is 1.59 bits per heavy atom. The molecule has 10 heteroatoms. The second-order valence-electron chi connectivity index (χ2n) is 10.7. The summed E-state index contributed by atoms with van der Waals surface area (Å²) in [4.78, 5) is 56.7. The maximum absolute atomic E-state index is 11.9. The van der Waals surface area contributed by atoms with Crippen molar-refractivity contribution in [3.05, 3.63) is 29.3 Å². The lowest BCUT2D eigenvalue weighted by Gasteiger charge is -2.19. The molecule has 2 N–H and O–H groups in total. The number of amides is 1. The van der Waals surface area contributed by atoms with Gasteiger partial charge < -0.3 is 29.6 Å². The predicted octanol–water partition coefficient (Wildman–Crippen LogP) is 4.64. The number of nitrogens with one attached hydrogen (secondary N) is 2. The van der Waals surface area contributed by atoms with Crippen molar-refractivity contribution in [1.29, 1.82) is 0 Å². The van der Waals surface area contributed by atoms with E-state index in [9.17, 15) is 24.0 Å². The molecule has 2 unspecified atom stereocenters. The molecular formula is C31H50N2O8. The number of aldehydes is 1. The minimum Gasteiger partial charge on any atom is -0.460 e. The van der Waals surface area contributed by atoms with E-state index < -0.39 is 5.60 Å². The lowest BCUT2D eigenvalue weighted by atomic mass is 9.89. The van der Waals surface area contributed by atoms with Gasteiger partial charge in [-0.05, 0) is 53.0 Å². The van der Waals surface area contributed by atoms with E-state index >= 15 is 0 Å². The summed E-state index contributed by atoms with van der Waals surface area (Å²) >= 11 is 0. The highest BCUT2D eigenvalue weighted by atomic mass is 16.6. The number of ketones is 2. The van der Waals surface area contributed by atoms with Crippen LogP contribution in [0.3, 0.4) is 0 Å². The van der Waals surface area contributed by atoms with Gasteiger partial charge in [0.25, 0.3) is 0 Å². The molecule has 1 aromatic carbocycles. The summed E-state index contributed by atoms with van der Waals surface area (Å²) in [6.45, 7) is 14.4. The molecule has 0 bridgehead atoms. The Hall–Kier alpha value is -3.11. The molecule has 10 nitrogen and oxygen atoms in total. The molecule has 0 fully saturated rings. The van der Waals surface area contributed by atoms with Crippen molar-refractivity contribution < 1.29 is 38.2 Å². The number of benzene rings is 1. The molecule has 1 rings (SSSR count). The van der Waals surface area contributed by atoms with E-state index in [0.29, 0.717) is 61.9 Å². The van der Waals surface area contributed by atoms with Crippen LogP contribution in [0.25, 0.3) is 0 Å². The van der Waals surface area contributed by atoms with Crippen molar-refractivity contribution in [3.63, 3.8) is 0 Å². The third kappa shape index (κ3) is 17.3. The van der Waals surface area contributed by atoms with E-state index in [-0.39, 0.29) is 42.4 Å². The molecule has 0 saturated heterocycles. The molecule has 0 aliphatic heterocycles. The van der Waals surface area contributed by atoms with Crippen LogP contribution in [0.5, 0.6) is 0 Å². The Balaban J connectivity index is 0.00000103. The van der Waals surface area contributed by atoms with Gasteiger partial charge in [0.2, 0.25) is 5.91 Å². The van der Waals surface area contributed by atoms with Crippen molar-refractivity contribution in [2.75, 3.05) is 45.3 Å². The molecule has 0 saturated carbocycles. The molecule has 0 spiro atoms. The monoisotopic (exact) mass is 578 g/mol. The fraction of sp³-hybridized carbons (Fsp3) is 0.645. The standard InChI is InChI=1S/C21H31NO6.C10H19NO2/c1-15(23)17-7-6-8-18(20(17)16(2)24)22-10-12-27-14-13-26-11-9-19(25)28-21(3,4)5;1-4-8(2)9(7-12)5-6-10(13)11-3/h6-8,22H,9-14H2,1-5H3;7-9H,4-6H2,1-3H3,(H,11,13). The van der Waals surface area contributed by atoms with E-state index in [1.165, 1.54) is 13.8 Å². The second-order valence-corrected chi connectivity index (χ2v) is 10.7. The van der Waals surface area contributed by atoms with Crippen LogP contribution in [0.2, 0.25) is 0 Å². The Bertz CT molecular complexity index is 971. The van der Waals surface area contributed by atoms with Gasteiger partial charge in [0.15, 0.2) is 11.6 Å². The number of carbonyl (C=O) groups excluding carboxylic acids is 5. The highest BCUT2D eigenvalue weighted by Gasteiger charge is 2.17. The lowest BCUT2D eigenvalue weighted by molar-refractivity contribution is -0.156. The molecule has 0 aliphatic rings. The quantitative estimate of drug-likeness (QED) is 0.110. The predicted molar refractivity (Wildman–Crippen MR) is 159 cm³/mol. The first kappa shape index (κ1) is 37.9. The molecule has 0 radical (unpaired) electrons. The Kier molecular flexibility index (Phi) is 19.1. The summed E-state index contributed by atoms with van der Waals surface area (Å²) in [5, 5.41) is 5.68. The van der Waals surface area contributed by atoms with Gasteiger partial charge in [0.05, 0.1) is 38.4 Å². The molecule has 2 atom stereocenters. The van der Waals surface area contributed by atoms with Crippen LogP contribution in [-0.2, 0) is 28.6 Å². The van der Waals surface area contributed by atoms with Gasteiger partial charge in [-0.2, -0.15) is 0 Å². The fourth-order valence-electron chi connectivity index (χ4n) is 3.71. The zero-order valence-corrected chi connectivity index (χ0v) is 26.1. The van der Waals surface area contributed by atoms with Gasteiger partial charge in [-0.25, -0.2) is 0 Å². The minimum absolute atomic E-state index is 0.00940. The van der Waals surface area contributed by atoms with Crippen LogP contribution in [-0.4, -0.2) is 75.4 Å². The smallest absolute Gasteiger partial charge is 0.308 e. The Labute approximate surface area is 245 Å². The minimum atomic E-state index is -0.487. The largest absolute Gasteiger partial charge is 0.460 e. The van der Waals surface area contributed by atoms with E-state index in [1.807, 2.05) is 27.7 Å². The summed E-state index contributed by atoms with van der Waals surface area (Å²) in [5.41, 5.74) is 0.953. The molecule has 1 aromatic rings. The average molecular weight is 579 g/mol. The van der Waals surface area contributed by atoms with Crippen LogP contribution < -0.4 is 10.6 Å². The summed E-state index contributed by atoms with van der Waals surface area (Å²) in [7, 11) is 1.61. The number of carbonyl (C=O) groups is 5. The first-order valence-corrected chi connectivity index (χ1v) is 14.2. The number of rotatable bonds is 18. The van der Waals surface area contributed by atoms with Gasteiger partial charge in [-0.1, -0.05) is 32.4 Å². The van der Waals surface area contributed by atoms with E-state index in [1.54, 1.807) is 25.2 Å². The highest BCUT2D eigenvalue weighted by molar-refractivity contribution is 6.10. The van der Waals surface area contributed by atoms with Crippen LogP contribution in [0.15, 0.2) is 18.2 Å². The molecule has 41 heavy (non-hydrogen) atoms. The van der Waals surface area contributed by atoms with Gasteiger partial charge in [-0.3, -0.25) is 19.2 Å². The highest BCUT2D eigenvalue weighted by Crippen LogP contribution is 2.21. The van der Waals surface area contributed by atoms with Crippen molar-refractivity contribution in [3.8, 4) is 0 Å². The van der Waals surface area contributed by atoms with Crippen LogP contribution >= 0.6 is 0 Å². The van der Waals surface area contributed by atoms with Crippen molar-refractivity contribution in [2.45, 2.75) is 79.8 Å². The van der Waals surface area contributed by atoms with Gasteiger partial charge >= 0.3 is 5.97 Å². The summed E-state index contributed by atoms with van der Waals surface area (Å²) in [5.74, 6) is -0.174. The normalized spacial score (nSPS) is 12.3. The number of anilines is 1. The summed E-state index contributed by atoms with van der Waals surface area (Å²) in [6.07, 6.45) is 3.27. The van der Waals surface area contributed by atoms with Crippen LogP contribution in [0, 0.1) is 11.8 Å². The van der Waals surface area contributed by atoms with Gasteiger partial charge in [0.1, 0.15) is 11.9 Å². The first-order chi connectivity index (χ1) is 19.3. The average Bonchev–Trinajstić information content (AvgIpc) is 2.90.